The summed E-state index contributed by atoms with van der Waals surface area (Å²) in [6, 6.07) is 4.60. The van der Waals surface area contributed by atoms with Gasteiger partial charge in [-0.1, -0.05) is 0 Å². The fourth-order valence-electron chi connectivity index (χ4n) is 2.12. The van der Waals surface area contributed by atoms with Crippen LogP contribution in [0.5, 0.6) is 0 Å². The van der Waals surface area contributed by atoms with E-state index in [1.54, 1.807) is 0 Å². The van der Waals surface area contributed by atoms with Crippen LogP contribution in [0.15, 0.2) is 29.0 Å². The van der Waals surface area contributed by atoms with Crippen LogP contribution in [0, 0.1) is 0 Å². The average molecular weight is 351 g/mol. The van der Waals surface area contributed by atoms with Gasteiger partial charge in [0.05, 0.1) is 11.2 Å². The minimum absolute atomic E-state index is 0.616. The number of halogens is 1. The Morgan fingerprint density at radius 1 is 1.29 bits per heavy atom. The molecule has 0 unspecified atom stereocenters. The van der Waals surface area contributed by atoms with Crippen LogP contribution in [0.25, 0.3) is 11.0 Å². The van der Waals surface area contributed by atoms with Crippen LogP contribution in [-0.2, 0) is 0 Å². The first-order valence-electron chi connectivity index (χ1n) is 7.42. The van der Waals surface area contributed by atoms with Gasteiger partial charge in [0.15, 0.2) is 0 Å². The minimum atomic E-state index is 0.616. The van der Waals surface area contributed by atoms with Crippen LogP contribution in [0.2, 0.25) is 0 Å². The Labute approximate surface area is 135 Å². The third-order valence-electron chi connectivity index (χ3n) is 3.68. The number of hydrogen-bond donors (Lipinski definition) is 1. The van der Waals surface area contributed by atoms with Crippen molar-refractivity contribution in [1.82, 2.24) is 14.9 Å². The topological polar surface area (TPSA) is 41.0 Å². The zero-order chi connectivity index (χ0) is 15.2. The number of pyridine rings is 2. The van der Waals surface area contributed by atoms with Crippen molar-refractivity contribution in [2.75, 3.05) is 25.5 Å². The number of nitrogens with one attached hydrogen (secondary N) is 1. The normalized spacial score (nSPS) is 11.5. The maximum absolute atomic E-state index is 4.45. The van der Waals surface area contributed by atoms with Gasteiger partial charge in [-0.3, -0.25) is 9.97 Å². The molecule has 0 aromatic carbocycles. The maximum atomic E-state index is 4.45. The molecule has 0 aliphatic heterocycles. The molecule has 0 saturated heterocycles. The van der Waals surface area contributed by atoms with E-state index >= 15 is 0 Å². The second-order valence-electron chi connectivity index (χ2n) is 5.59. The Hall–Kier alpha value is -1.20. The number of rotatable bonds is 7. The van der Waals surface area contributed by atoms with E-state index in [2.05, 4.69) is 57.0 Å². The van der Waals surface area contributed by atoms with E-state index in [0.29, 0.717) is 6.04 Å². The molecule has 114 valence electrons. The van der Waals surface area contributed by atoms with Gasteiger partial charge in [-0.05, 0) is 68.3 Å². The van der Waals surface area contributed by atoms with E-state index in [4.69, 9.17) is 0 Å². The zero-order valence-corrected chi connectivity index (χ0v) is 14.5. The molecule has 21 heavy (non-hydrogen) atoms. The molecule has 0 spiro atoms. The number of nitrogens with zero attached hydrogens (tertiary/aromatic N) is 3. The fourth-order valence-corrected chi connectivity index (χ4v) is 2.43. The third-order valence-corrected chi connectivity index (χ3v) is 4.11. The molecular weight excluding hydrogens is 328 g/mol. The predicted molar refractivity (Wildman–Crippen MR) is 92.7 cm³/mol. The molecule has 2 aromatic rings. The van der Waals surface area contributed by atoms with Crippen LogP contribution in [0.4, 0.5) is 5.69 Å². The van der Waals surface area contributed by atoms with Gasteiger partial charge < -0.3 is 10.2 Å². The van der Waals surface area contributed by atoms with Gasteiger partial charge in [-0.15, -0.1) is 0 Å². The Kier molecular flexibility index (Phi) is 5.94. The van der Waals surface area contributed by atoms with Crippen LogP contribution >= 0.6 is 15.9 Å². The summed E-state index contributed by atoms with van der Waals surface area (Å²) in [5.74, 6) is 0. The minimum Gasteiger partial charge on any atom is -0.383 e. The molecule has 5 heteroatoms. The van der Waals surface area contributed by atoms with E-state index in [0.717, 1.165) is 40.7 Å². The fraction of sp³-hybridized carbons (Fsp3) is 0.500. The lowest BCUT2D eigenvalue weighted by Gasteiger charge is -2.20. The lowest BCUT2D eigenvalue weighted by Crippen LogP contribution is -2.27. The van der Waals surface area contributed by atoms with Crippen LogP contribution in [0.3, 0.4) is 0 Å². The average Bonchev–Trinajstić information content (AvgIpc) is 2.46. The first kappa shape index (κ1) is 16.2. The van der Waals surface area contributed by atoms with E-state index in [1.807, 2.05) is 24.5 Å². The van der Waals surface area contributed by atoms with E-state index in [1.165, 1.54) is 6.42 Å². The highest BCUT2D eigenvalue weighted by atomic mass is 79.9. The number of unbranched alkanes of at least 4 members (excludes halogenated alkanes) is 1. The van der Waals surface area contributed by atoms with Gasteiger partial charge in [-0.2, -0.15) is 0 Å². The number of fused-ring (bicyclic) bond motifs is 1. The van der Waals surface area contributed by atoms with Gasteiger partial charge in [-0.25, -0.2) is 0 Å². The van der Waals surface area contributed by atoms with Crippen LogP contribution in [0.1, 0.15) is 26.7 Å². The van der Waals surface area contributed by atoms with Gasteiger partial charge >= 0.3 is 0 Å². The molecule has 0 amide bonds. The molecule has 2 aromatic heterocycles. The van der Waals surface area contributed by atoms with Crippen molar-refractivity contribution in [3.05, 3.63) is 29.0 Å². The predicted octanol–water partition coefficient (Wildman–Crippen LogP) is 3.92. The van der Waals surface area contributed by atoms with Crippen molar-refractivity contribution in [3.8, 4) is 0 Å². The van der Waals surface area contributed by atoms with Gasteiger partial charge in [0.1, 0.15) is 5.52 Å². The van der Waals surface area contributed by atoms with Crippen molar-refractivity contribution < 1.29 is 0 Å². The van der Waals surface area contributed by atoms with Crippen LogP contribution < -0.4 is 5.32 Å². The number of hydrogen-bond acceptors (Lipinski definition) is 4. The summed E-state index contributed by atoms with van der Waals surface area (Å²) in [7, 11) is 2.18. The lowest BCUT2D eigenvalue weighted by atomic mass is 10.2. The standard InChI is InChI=1S/C16H23BrN4/c1-12(2)21(3)9-5-4-7-18-14-6-8-19-15-10-13(17)11-20-16(14)15/h6,8,10-12H,4-5,7,9H2,1-3H3,(H,18,19). The Bertz CT molecular complexity index is 585. The van der Waals surface area contributed by atoms with Crippen molar-refractivity contribution in [3.63, 3.8) is 0 Å². The van der Waals surface area contributed by atoms with E-state index in [9.17, 15) is 0 Å². The molecule has 2 heterocycles. The second-order valence-corrected chi connectivity index (χ2v) is 6.50. The van der Waals surface area contributed by atoms with Crippen LogP contribution in [-0.4, -0.2) is 41.0 Å². The monoisotopic (exact) mass is 350 g/mol. The molecular formula is C16H23BrN4. The first-order valence-corrected chi connectivity index (χ1v) is 8.21. The SMILES string of the molecule is CC(C)N(C)CCCCNc1ccnc2cc(Br)cnc12. The molecule has 0 radical (unpaired) electrons. The molecule has 2 rings (SSSR count). The summed E-state index contributed by atoms with van der Waals surface area (Å²) < 4.78 is 0.955. The highest BCUT2D eigenvalue weighted by Crippen LogP contribution is 2.21. The number of aromatic nitrogens is 2. The molecule has 0 saturated carbocycles. The summed E-state index contributed by atoms with van der Waals surface area (Å²) in [6.45, 7) is 6.56. The molecule has 4 nitrogen and oxygen atoms in total. The van der Waals surface area contributed by atoms with Crippen molar-refractivity contribution in [1.29, 1.82) is 0 Å². The summed E-state index contributed by atoms with van der Waals surface area (Å²) in [4.78, 5) is 11.2. The molecule has 0 fully saturated rings. The summed E-state index contributed by atoms with van der Waals surface area (Å²) in [5.41, 5.74) is 2.90. The number of anilines is 1. The molecule has 0 aliphatic rings. The quantitative estimate of drug-likeness (QED) is 0.768. The first-order chi connectivity index (χ1) is 10.1. The molecule has 0 bridgehead atoms. The highest BCUT2D eigenvalue weighted by molar-refractivity contribution is 9.10. The van der Waals surface area contributed by atoms with Crippen molar-refractivity contribution >= 4 is 32.7 Å². The summed E-state index contributed by atoms with van der Waals surface area (Å²) in [6.07, 6.45) is 5.99. The second kappa shape index (κ2) is 7.71. The molecule has 1 N–H and O–H groups in total. The molecule has 0 aliphatic carbocycles. The summed E-state index contributed by atoms with van der Waals surface area (Å²) >= 11 is 3.43. The van der Waals surface area contributed by atoms with Gasteiger partial charge in [0.2, 0.25) is 0 Å². The smallest absolute Gasteiger partial charge is 0.112 e. The lowest BCUT2D eigenvalue weighted by molar-refractivity contribution is 0.269. The Morgan fingerprint density at radius 2 is 2.10 bits per heavy atom. The van der Waals surface area contributed by atoms with Gasteiger partial charge in [0, 0.05) is 29.5 Å². The van der Waals surface area contributed by atoms with Crippen molar-refractivity contribution in [2.45, 2.75) is 32.7 Å². The Morgan fingerprint density at radius 3 is 2.86 bits per heavy atom. The third kappa shape index (κ3) is 4.64. The Balaban J connectivity index is 1.86. The van der Waals surface area contributed by atoms with Gasteiger partial charge in [0.25, 0.3) is 0 Å². The van der Waals surface area contributed by atoms with Crippen molar-refractivity contribution in [2.24, 2.45) is 0 Å². The highest BCUT2D eigenvalue weighted by Gasteiger charge is 2.04. The van der Waals surface area contributed by atoms with E-state index < -0.39 is 0 Å². The molecule has 0 atom stereocenters. The summed E-state index contributed by atoms with van der Waals surface area (Å²) in [5, 5.41) is 3.47. The largest absolute Gasteiger partial charge is 0.383 e. The van der Waals surface area contributed by atoms with E-state index in [-0.39, 0.29) is 0 Å². The maximum Gasteiger partial charge on any atom is 0.112 e. The zero-order valence-electron chi connectivity index (χ0n) is 12.9.